The summed E-state index contributed by atoms with van der Waals surface area (Å²) < 4.78 is 6.93. The molecule has 3 aromatic carbocycles. The zero-order valence-corrected chi connectivity index (χ0v) is 17.4. The summed E-state index contributed by atoms with van der Waals surface area (Å²) in [5, 5.41) is 2.98. The minimum Gasteiger partial charge on any atom is -0.436 e. The third-order valence-corrected chi connectivity index (χ3v) is 5.08. The van der Waals surface area contributed by atoms with Crippen molar-refractivity contribution in [2.75, 3.05) is 0 Å². The molecule has 0 radical (unpaired) electrons. The Morgan fingerprint density at radius 1 is 1.03 bits per heavy atom. The summed E-state index contributed by atoms with van der Waals surface area (Å²) in [5.74, 6) is 0.903. The summed E-state index contributed by atoms with van der Waals surface area (Å²) in [6, 6.07) is 23.2. The number of benzene rings is 3. The van der Waals surface area contributed by atoms with Crippen LogP contribution in [0.15, 0.2) is 87.9 Å². The van der Waals surface area contributed by atoms with Crippen LogP contribution in [0.5, 0.6) is 0 Å². The van der Waals surface area contributed by atoms with Crippen molar-refractivity contribution in [2.45, 2.75) is 13.5 Å². The maximum absolute atomic E-state index is 12.8. The van der Waals surface area contributed by atoms with E-state index in [2.05, 4.69) is 26.2 Å². The maximum atomic E-state index is 12.8. The number of aryl methyl sites for hydroxylation is 1. The fraction of sp³-hybridized carbons (Fsp3) is 0.0833. The molecule has 0 atom stereocenters. The smallest absolute Gasteiger partial charge is 0.252 e. The highest BCUT2D eigenvalue weighted by molar-refractivity contribution is 9.10. The van der Waals surface area contributed by atoms with Crippen LogP contribution >= 0.6 is 15.9 Å². The molecule has 0 spiro atoms. The standard InChI is InChI=1S/C24H19BrN2O2/c1-16-9-11-17(12-10-16)14-26-23(28)20-7-2-3-8-21(20)24-27-15-22(29-24)18-5-4-6-19(25)13-18/h2-13,15H,14H2,1H3,(H,26,28). The molecule has 0 unspecified atom stereocenters. The van der Waals surface area contributed by atoms with Crippen LogP contribution < -0.4 is 5.32 Å². The largest absolute Gasteiger partial charge is 0.436 e. The number of nitrogens with one attached hydrogen (secondary N) is 1. The van der Waals surface area contributed by atoms with Gasteiger partial charge in [-0.2, -0.15) is 0 Å². The molecule has 0 aliphatic carbocycles. The van der Waals surface area contributed by atoms with Crippen LogP contribution in [0.3, 0.4) is 0 Å². The molecule has 0 fully saturated rings. The first kappa shape index (κ1) is 19.2. The lowest BCUT2D eigenvalue weighted by atomic mass is 10.1. The lowest BCUT2D eigenvalue weighted by Gasteiger charge is -2.08. The Kier molecular flexibility index (Phi) is 5.58. The number of aromatic nitrogens is 1. The SMILES string of the molecule is Cc1ccc(CNC(=O)c2ccccc2-c2ncc(-c3cccc(Br)c3)o2)cc1. The Morgan fingerprint density at radius 2 is 1.83 bits per heavy atom. The zero-order valence-electron chi connectivity index (χ0n) is 15.9. The van der Waals surface area contributed by atoms with Gasteiger partial charge in [0, 0.05) is 22.1 Å². The first-order chi connectivity index (χ1) is 14.1. The Hall–Kier alpha value is -3.18. The summed E-state index contributed by atoms with van der Waals surface area (Å²) in [6.07, 6.45) is 1.68. The first-order valence-corrected chi connectivity index (χ1v) is 10.0. The van der Waals surface area contributed by atoms with Gasteiger partial charge in [-0.25, -0.2) is 4.98 Å². The first-order valence-electron chi connectivity index (χ1n) is 9.25. The Morgan fingerprint density at radius 3 is 2.62 bits per heavy atom. The van der Waals surface area contributed by atoms with E-state index in [0.717, 1.165) is 15.6 Å². The molecule has 1 N–H and O–H groups in total. The number of hydrogen-bond donors (Lipinski definition) is 1. The second-order valence-corrected chi connectivity index (χ2v) is 7.67. The molecule has 0 saturated carbocycles. The molecule has 29 heavy (non-hydrogen) atoms. The van der Waals surface area contributed by atoms with E-state index in [1.165, 1.54) is 5.56 Å². The van der Waals surface area contributed by atoms with E-state index in [1.54, 1.807) is 12.3 Å². The molecule has 4 rings (SSSR count). The van der Waals surface area contributed by atoms with Gasteiger partial charge in [-0.05, 0) is 36.8 Å². The average Bonchev–Trinajstić information content (AvgIpc) is 3.23. The fourth-order valence-corrected chi connectivity index (χ4v) is 3.42. The minimum absolute atomic E-state index is 0.164. The molecular weight excluding hydrogens is 428 g/mol. The molecule has 0 aliphatic rings. The van der Waals surface area contributed by atoms with Crippen LogP contribution in [0.1, 0.15) is 21.5 Å². The molecule has 0 aliphatic heterocycles. The van der Waals surface area contributed by atoms with E-state index in [-0.39, 0.29) is 5.91 Å². The molecule has 5 heteroatoms. The van der Waals surface area contributed by atoms with Crippen LogP contribution in [0, 0.1) is 6.92 Å². The van der Waals surface area contributed by atoms with Crippen LogP contribution in [0.25, 0.3) is 22.8 Å². The highest BCUT2D eigenvalue weighted by atomic mass is 79.9. The average molecular weight is 447 g/mol. The van der Waals surface area contributed by atoms with E-state index in [9.17, 15) is 4.79 Å². The number of carbonyl (C=O) groups is 1. The van der Waals surface area contributed by atoms with Crippen molar-refractivity contribution in [2.24, 2.45) is 0 Å². The van der Waals surface area contributed by atoms with Crippen molar-refractivity contribution in [3.63, 3.8) is 0 Å². The highest BCUT2D eigenvalue weighted by Crippen LogP contribution is 2.29. The van der Waals surface area contributed by atoms with Gasteiger partial charge in [0.05, 0.1) is 11.8 Å². The normalized spacial score (nSPS) is 10.7. The van der Waals surface area contributed by atoms with E-state index in [0.29, 0.717) is 29.3 Å². The number of oxazole rings is 1. The van der Waals surface area contributed by atoms with E-state index < -0.39 is 0 Å². The van der Waals surface area contributed by atoms with Gasteiger partial charge in [0.1, 0.15) is 0 Å². The van der Waals surface area contributed by atoms with Crippen LogP contribution in [-0.2, 0) is 6.54 Å². The van der Waals surface area contributed by atoms with Gasteiger partial charge in [0.2, 0.25) is 5.89 Å². The van der Waals surface area contributed by atoms with Gasteiger partial charge in [-0.15, -0.1) is 0 Å². The van der Waals surface area contributed by atoms with Gasteiger partial charge in [0.25, 0.3) is 5.91 Å². The van der Waals surface area contributed by atoms with Gasteiger partial charge >= 0.3 is 0 Å². The number of nitrogens with zero attached hydrogens (tertiary/aromatic N) is 1. The second kappa shape index (κ2) is 8.45. The molecule has 4 aromatic rings. The van der Waals surface area contributed by atoms with Crippen LogP contribution in [0.4, 0.5) is 0 Å². The van der Waals surface area contributed by atoms with Gasteiger partial charge in [0.15, 0.2) is 5.76 Å². The topological polar surface area (TPSA) is 55.1 Å². The monoisotopic (exact) mass is 446 g/mol. The lowest BCUT2D eigenvalue weighted by Crippen LogP contribution is -2.23. The Balaban J connectivity index is 1.57. The summed E-state index contributed by atoms with van der Waals surface area (Å²) in [5.41, 5.74) is 4.35. The summed E-state index contributed by atoms with van der Waals surface area (Å²) in [7, 11) is 0. The Labute approximate surface area is 177 Å². The van der Waals surface area contributed by atoms with Gasteiger partial charge in [-0.1, -0.05) is 70.0 Å². The zero-order chi connectivity index (χ0) is 20.2. The van der Waals surface area contributed by atoms with Crippen molar-refractivity contribution < 1.29 is 9.21 Å². The molecular formula is C24H19BrN2O2. The van der Waals surface area contributed by atoms with Crippen LogP contribution in [0.2, 0.25) is 0 Å². The fourth-order valence-electron chi connectivity index (χ4n) is 3.02. The predicted octanol–water partition coefficient (Wildman–Crippen LogP) is 6.01. The van der Waals surface area contributed by atoms with Crippen molar-refractivity contribution in [1.82, 2.24) is 10.3 Å². The van der Waals surface area contributed by atoms with Crippen molar-refractivity contribution >= 4 is 21.8 Å². The molecule has 144 valence electrons. The van der Waals surface area contributed by atoms with Crippen molar-refractivity contribution in [3.05, 3.63) is 100 Å². The van der Waals surface area contributed by atoms with Gasteiger partial charge in [-0.3, -0.25) is 4.79 Å². The van der Waals surface area contributed by atoms with E-state index in [4.69, 9.17) is 4.42 Å². The number of hydrogen-bond acceptors (Lipinski definition) is 3. The number of carbonyl (C=O) groups excluding carboxylic acids is 1. The van der Waals surface area contributed by atoms with Gasteiger partial charge < -0.3 is 9.73 Å². The molecule has 0 bridgehead atoms. The third kappa shape index (κ3) is 4.46. The van der Waals surface area contributed by atoms with E-state index in [1.807, 2.05) is 73.7 Å². The summed E-state index contributed by atoms with van der Waals surface area (Å²) in [4.78, 5) is 17.2. The molecule has 1 amide bonds. The number of rotatable bonds is 5. The molecule has 1 heterocycles. The quantitative estimate of drug-likeness (QED) is 0.408. The highest BCUT2D eigenvalue weighted by Gasteiger charge is 2.17. The molecule has 1 aromatic heterocycles. The number of amides is 1. The predicted molar refractivity (Wildman–Crippen MR) is 117 cm³/mol. The number of halogens is 1. The lowest BCUT2D eigenvalue weighted by molar-refractivity contribution is 0.0951. The molecule has 0 saturated heterocycles. The van der Waals surface area contributed by atoms with Crippen molar-refractivity contribution in [3.8, 4) is 22.8 Å². The minimum atomic E-state index is -0.164. The third-order valence-electron chi connectivity index (χ3n) is 4.59. The van der Waals surface area contributed by atoms with E-state index >= 15 is 0 Å². The summed E-state index contributed by atoms with van der Waals surface area (Å²) in [6.45, 7) is 2.50. The Bertz CT molecular complexity index is 1150. The van der Waals surface area contributed by atoms with Crippen LogP contribution in [-0.4, -0.2) is 10.9 Å². The summed E-state index contributed by atoms with van der Waals surface area (Å²) >= 11 is 3.47. The maximum Gasteiger partial charge on any atom is 0.252 e. The van der Waals surface area contributed by atoms with Crippen molar-refractivity contribution in [1.29, 1.82) is 0 Å². The second-order valence-electron chi connectivity index (χ2n) is 6.75. The molecule has 4 nitrogen and oxygen atoms in total.